The molecule has 1 heterocycles. The van der Waals surface area contributed by atoms with Gasteiger partial charge in [0.1, 0.15) is 6.61 Å². The third kappa shape index (κ3) is 5.04. The molecule has 19 heavy (non-hydrogen) atoms. The summed E-state index contributed by atoms with van der Waals surface area (Å²) in [5.74, 6) is 0. The molecule has 110 valence electrons. The first-order valence-electron chi connectivity index (χ1n) is 6.34. The summed E-state index contributed by atoms with van der Waals surface area (Å²) in [5.41, 5.74) is 0.881. The third-order valence-electron chi connectivity index (χ3n) is 2.74. The Labute approximate surface area is 117 Å². The van der Waals surface area contributed by atoms with Crippen LogP contribution in [0.2, 0.25) is 5.02 Å². The van der Waals surface area contributed by atoms with Crippen molar-refractivity contribution in [2.24, 2.45) is 0 Å². The molecule has 0 spiro atoms. The van der Waals surface area contributed by atoms with Crippen molar-refractivity contribution >= 4 is 11.6 Å². The summed E-state index contributed by atoms with van der Waals surface area (Å²) in [6.07, 6.45) is 0.695. The normalized spacial score (nSPS) is 13.2. The van der Waals surface area contributed by atoms with Crippen molar-refractivity contribution in [2.75, 3.05) is 20.3 Å². The molecule has 1 aromatic heterocycles. The fraction of sp³-hybridized carbons (Fsp3) is 0.750. The number of hydrogen-bond donors (Lipinski definition) is 1. The molecule has 0 amide bonds. The first-order chi connectivity index (χ1) is 9.10. The number of alkyl halides is 2. The van der Waals surface area contributed by atoms with Gasteiger partial charge < -0.3 is 10.1 Å². The minimum atomic E-state index is -2.43. The highest BCUT2D eigenvalue weighted by Gasteiger charge is 2.18. The van der Waals surface area contributed by atoms with Crippen LogP contribution in [0.3, 0.4) is 0 Å². The SMILES string of the molecule is CCCn1ncc(Cl)c1C(CCOCC(F)F)NC. The van der Waals surface area contributed by atoms with Crippen LogP contribution >= 0.6 is 11.6 Å². The van der Waals surface area contributed by atoms with Crippen molar-refractivity contribution in [1.29, 1.82) is 0 Å². The number of halogens is 3. The molecule has 1 atom stereocenters. The molecule has 0 aliphatic heterocycles. The predicted molar refractivity (Wildman–Crippen MR) is 70.8 cm³/mol. The molecule has 0 saturated carbocycles. The molecular weight excluding hydrogens is 276 g/mol. The van der Waals surface area contributed by atoms with Gasteiger partial charge in [-0.3, -0.25) is 4.68 Å². The fourth-order valence-corrected chi connectivity index (χ4v) is 2.17. The van der Waals surface area contributed by atoms with Crippen LogP contribution in [0.4, 0.5) is 8.78 Å². The first-order valence-corrected chi connectivity index (χ1v) is 6.72. The fourth-order valence-electron chi connectivity index (χ4n) is 1.90. The third-order valence-corrected chi connectivity index (χ3v) is 3.03. The summed E-state index contributed by atoms with van der Waals surface area (Å²) in [7, 11) is 1.80. The maximum Gasteiger partial charge on any atom is 0.261 e. The summed E-state index contributed by atoms with van der Waals surface area (Å²) in [4.78, 5) is 0. The Morgan fingerprint density at radius 2 is 2.26 bits per heavy atom. The minimum absolute atomic E-state index is 0.0563. The average Bonchev–Trinajstić information content (AvgIpc) is 2.72. The topological polar surface area (TPSA) is 39.1 Å². The van der Waals surface area contributed by atoms with Gasteiger partial charge in [-0.15, -0.1) is 0 Å². The van der Waals surface area contributed by atoms with Gasteiger partial charge in [-0.2, -0.15) is 5.10 Å². The van der Waals surface area contributed by atoms with Gasteiger partial charge in [-0.25, -0.2) is 8.78 Å². The zero-order valence-electron chi connectivity index (χ0n) is 11.2. The second kappa shape index (κ2) is 8.45. The molecule has 4 nitrogen and oxygen atoms in total. The lowest BCUT2D eigenvalue weighted by Gasteiger charge is -2.18. The Balaban J connectivity index is 2.60. The highest BCUT2D eigenvalue weighted by molar-refractivity contribution is 6.31. The maximum atomic E-state index is 12.0. The monoisotopic (exact) mass is 295 g/mol. The molecule has 1 N–H and O–H groups in total. The van der Waals surface area contributed by atoms with Crippen molar-refractivity contribution in [2.45, 2.75) is 38.8 Å². The molecule has 0 radical (unpaired) electrons. The van der Waals surface area contributed by atoms with E-state index >= 15 is 0 Å². The zero-order chi connectivity index (χ0) is 14.3. The Bertz CT molecular complexity index is 374. The smallest absolute Gasteiger partial charge is 0.261 e. The van der Waals surface area contributed by atoms with E-state index in [1.54, 1.807) is 13.2 Å². The molecular formula is C12H20ClF2N3O. The van der Waals surface area contributed by atoms with E-state index in [2.05, 4.69) is 17.3 Å². The highest BCUT2D eigenvalue weighted by Crippen LogP contribution is 2.25. The highest BCUT2D eigenvalue weighted by atomic mass is 35.5. The van der Waals surface area contributed by atoms with Gasteiger partial charge in [-0.05, 0) is 19.9 Å². The number of nitrogens with zero attached hydrogens (tertiary/aromatic N) is 2. The molecule has 0 aliphatic rings. The van der Waals surface area contributed by atoms with Gasteiger partial charge in [0, 0.05) is 13.2 Å². The van der Waals surface area contributed by atoms with Crippen LogP contribution < -0.4 is 5.32 Å². The molecule has 1 unspecified atom stereocenters. The number of ether oxygens (including phenoxy) is 1. The molecule has 7 heteroatoms. The van der Waals surface area contributed by atoms with E-state index in [1.165, 1.54) is 0 Å². The van der Waals surface area contributed by atoms with Crippen LogP contribution in [-0.4, -0.2) is 36.5 Å². The van der Waals surface area contributed by atoms with Gasteiger partial charge in [-0.1, -0.05) is 18.5 Å². The van der Waals surface area contributed by atoms with Gasteiger partial charge in [0.05, 0.1) is 23.0 Å². The van der Waals surface area contributed by atoms with Crippen LogP contribution in [0.15, 0.2) is 6.20 Å². The molecule has 1 rings (SSSR count). The molecule has 0 aliphatic carbocycles. The minimum Gasteiger partial charge on any atom is -0.375 e. The van der Waals surface area contributed by atoms with Crippen molar-refractivity contribution in [1.82, 2.24) is 15.1 Å². The zero-order valence-corrected chi connectivity index (χ0v) is 12.0. The number of aryl methyl sites for hydroxylation is 1. The van der Waals surface area contributed by atoms with Gasteiger partial charge in [0.15, 0.2) is 0 Å². The Morgan fingerprint density at radius 1 is 1.53 bits per heavy atom. The van der Waals surface area contributed by atoms with Crippen molar-refractivity contribution < 1.29 is 13.5 Å². The second-order valence-electron chi connectivity index (χ2n) is 4.20. The summed E-state index contributed by atoms with van der Waals surface area (Å²) in [5, 5.41) is 7.92. The van der Waals surface area contributed by atoms with Crippen LogP contribution in [0.1, 0.15) is 31.5 Å². The van der Waals surface area contributed by atoms with Crippen molar-refractivity contribution in [3.63, 3.8) is 0 Å². The van der Waals surface area contributed by atoms with Gasteiger partial charge >= 0.3 is 0 Å². The lowest BCUT2D eigenvalue weighted by atomic mass is 10.1. The lowest BCUT2D eigenvalue weighted by Crippen LogP contribution is -2.23. The van der Waals surface area contributed by atoms with E-state index in [-0.39, 0.29) is 12.6 Å². The molecule has 0 fully saturated rings. The van der Waals surface area contributed by atoms with Gasteiger partial charge in [0.2, 0.25) is 0 Å². The van der Waals surface area contributed by atoms with Crippen LogP contribution in [0.5, 0.6) is 0 Å². The van der Waals surface area contributed by atoms with E-state index in [9.17, 15) is 8.78 Å². The maximum absolute atomic E-state index is 12.0. The molecule has 0 aromatic carbocycles. The quantitative estimate of drug-likeness (QED) is 0.712. The Hall–Kier alpha value is -0.720. The molecule has 0 bridgehead atoms. The lowest BCUT2D eigenvalue weighted by molar-refractivity contribution is 0.0143. The summed E-state index contributed by atoms with van der Waals surface area (Å²) < 4.78 is 30.7. The molecule has 1 aromatic rings. The van der Waals surface area contributed by atoms with Gasteiger partial charge in [0.25, 0.3) is 6.43 Å². The largest absolute Gasteiger partial charge is 0.375 e. The Kier molecular flexibility index (Phi) is 7.27. The van der Waals surface area contributed by atoms with E-state index in [4.69, 9.17) is 16.3 Å². The predicted octanol–water partition coefficient (Wildman–Crippen LogP) is 2.88. The van der Waals surface area contributed by atoms with E-state index in [1.807, 2.05) is 4.68 Å². The second-order valence-corrected chi connectivity index (χ2v) is 4.60. The standard InChI is InChI=1S/C12H20ClF2N3O/c1-3-5-18-12(9(13)7-17-18)10(16-2)4-6-19-8-11(14)15/h7,10-11,16H,3-6,8H2,1-2H3. The van der Waals surface area contributed by atoms with Crippen LogP contribution in [0.25, 0.3) is 0 Å². The Morgan fingerprint density at radius 3 is 2.84 bits per heavy atom. The van der Waals surface area contributed by atoms with Crippen LogP contribution in [0, 0.1) is 0 Å². The number of rotatable bonds is 9. The summed E-state index contributed by atoms with van der Waals surface area (Å²) in [6.45, 7) is 2.56. The average molecular weight is 296 g/mol. The van der Waals surface area contributed by atoms with Crippen LogP contribution in [-0.2, 0) is 11.3 Å². The van der Waals surface area contributed by atoms with E-state index < -0.39 is 13.0 Å². The number of aromatic nitrogens is 2. The van der Waals surface area contributed by atoms with E-state index in [0.29, 0.717) is 11.4 Å². The van der Waals surface area contributed by atoms with Crippen molar-refractivity contribution in [3.05, 3.63) is 16.9 Å². The number of hydrogen-bond acceptors (Lipinski definition) is 3. The molecule has 0 saturated heterocycles. The van der Waals surface area contributed by atoms with Crippen molar-refractivity contribution in [3.8, 4) is 0 Å². The summed E-state index contributed by atoms with van der Waals surface area (Å²) >= 11 is 6.13. The van der Waals surface area contributed by atoms with E-state index in [0.717, 1.165) is 18.7 Å². The summed E-state index contributed by atoms with van der Waals surface area (Å²) in [6, 6.07) is -0.0563. The number of nitrogens with one attached hydrogen (secondary N) is 1. The first kappa shape index (κ1) is 16.3.